The zero-order valence-corrected chi connectivity index (χ0v) is 27.9. The third-order valence-corrected chi connectivity index (χ3v) is 9.13. The smallest absolute Gasteiger partial charge is 0.297 e. The number of benzene rings is 2. The minimum Gasteiger partial charge on any atom is -0.507 e. The van der Waals surface area contributed by atoms with Gasteiger partial charge in [0, 0.05) is 11.1 Å². The van der Waals surface area contributed by atoms with Gasteiger partial charge in [0.1, 0.15) is 11.5 Å². The molecule has 1 unspecified atom stereocenters. The fourth-order valence-corrected chi connectivity index (χ4v) is 5.55. The Labute approximate surface area is 259 Å². The first-order valence-corrected chi connectivity index (χ1v) is 16.3. The standard InChI is InChI=1S/C36H50O6S/c1-25(14-10-15-28(4)24-42-43(40,41)32-19-17-27(3)18-20-32)12-9-13-26(2)16-11-22-36(8,39)23-21-33-31(7)34(37)29(5)30(6)35(33)38/h12,15-21,23,37-39H,9-11,13-14,22,24H2,1-8H3. The highest BCUT2D eigenvalue weighted by Gasteiger charge is 2.19. The minimum absolute atomic E-state index is 0.0446. The number of rotatable bonds is 15. The molecule has 0 spiro atoms. The van der Waals surface area contributed by atoms with Crippen LogP contribution >= 0.6 is 0 Å². The molecule has 3 N–H and O–H groups in total. The molecule has 0 bridgehead atoms. The van der Waals surface area contributed by atoms with Gasteiger partial charge in [0.25, 0.3) is 10.1 Å². The molecule has 43 heavy (non-hydrogen) atoms. The highest BCUT2D eigenvalue weighted by atomic mass is 32.2. The van der Waals surface area contributed by atoms with E-state index >= 15 is 0 Å². The summed E-state index contributed by atoms with van der Waals surface area (Å²) >= 11 is 0. The van der Waals surface area contributed by atoms with Gasteiger partial charge in [-0.2, -0.15) is 8.42 Å². The summed E-state index contributed by atoms with van der Waals surface area (Å²) in [4.78, 5) is 0.169. The fraction of sp³-hybridized carbons (Fsp3) is 0.444. The van der Waals surface area contributed by atoms with Gasteiger partial charge in [-0.05, 0) is 117 Å². The van der Waals surface area contributed by atoms with Crippen LogP contribution < -0.4 is 0 Å². The van der Waals surface area contributed by atoms with Crippen LogP contribution in [0.4, 0.5) is 0 Å². The minimum atomic E-state index is -3.76. The lowest BCUT2D eigenvalue weighted by Crippen LogP contribution is -2.20. The molecule has 7 heteroatoms. The summed E-state index contributed by atoms with van der Waals surface area (Å²) in [5.41, 5.74) is 5.78. The summed E-state index contributed by atoms with van der Waals surface area (Å²) < 4.78 is 29.9. The quantitative estimate of drug-likeness (QED) is 0.106. The Morgan fingerprint density at radius 2 is 1.30 bits per heavy atom. The molecule has 0 fully saturated rings. The van der Waals surface area contributed by atoms with Crippen LogP contribution in [0.5, 0.6) is 11.5 Å². The van der Waals surface area contributed by atoms with E-state index in [4.69, 9.17) is 4.18 Å². The number of aryl methyl sites for hydroxylation is 1. The predicted octanol–water partition coefficient (Wildman–Crippen LogP) is 8.68. The molecule has 0 saturated carbocycles. The van der Waals surface area contributed by atoms with Crippen molar-refractivity contribution in [1.82, 2.24) is 0 Å². The van der Waals surface area contributed by atoms with Gasteiger partial charge in [0.05, 0.1) is 17.1 Å². The van der Waals surface area contributed by atoms with Crippen LogP contribution in [0.3, 0.4) is 0 Å². The molecule has 2 aromatic carbocycles. The molecule has 0 amide bonds. The first-order chi connectivity index (χ1) is 20.0. The number of aliphatic hydroxyl groups is 1. The lowest BCUT2D eigenvalue weighted by molar-refractivity contribution is 0.104. The topological polar surface area (TPSA) is 104 Å². The lowest BCUT2D eigenvalue weighted by Gasteiger charge is -2.19. The van der Waals surface area contributed by atoms with E-state index in [1.54, 1.807) is 64.1 Å². The van der Waals surface area contributed by atoms with Gasteiger partial charge in [-0.25, -0.2) is 0 Å². The summed E-state index contributed by atoms with van der Waals surface area (Å²) in [6.07, 6.45) is 14.6. The Morgan fingerprint density at radius 1 is 0.791 bits per heavy atom. The maximum absolute atomic E-state index is 12.4. The molecule has 2 aromatic rings. The average Bonchev–Trinajstić information content (AvgIpc) is 2.94. The van der Waals surface area contributed by atoms with E-state index in [2.05, 4.69) is 26.0 Å². The van der Waals surface area contributed by atoms with Crippen molar-refractivity contribution in [2.24, 2.45) is 0 Å². The normalized spacial score (nSPS) is 14.9. The van der Waals surface area contributed by atoms with Crippen molar-refractivity contribution in [2.75, 3.05) is 6.61 Å². The van der Waals surface area contributed by atoms with Crippen molar-refractivity contribution < 1.29 is 27.9 Å². The van der Waals surface area contributed by atoms with E-state index in [1.807, 2.05) is 19.9 Å². The molecule has 0 radical (unpaired) electrons. The zero-order valence-electron chi connectivity index (χ0n) is 27.1. The molecule has 0 aliphatic carbocycles. The summed E-state index contributed by atoms with van der Waals surface area (Å²) in [7, 11) is -3.76. The number of aromatic hydroxyl groups is 2. The summed E-state index contributed by atoms with van der Waals surface area (Å²) in [5.74, 6) is 0.296. The second-order valence-corrected chi connectivity index (χ2v) is 13.6. The van der Waals surface area contributed by atoms with Gasteiger partial charge < -0.3 is 15.3 Å². The Morgan fingerprint density at radius 3 is 1.88 bits per heavy atom. The first-order valence-electron chi connectivity index (χ1n) is 14.9. The molecular weight excluding hydrogens is 560 g/mol. The van der Waals surface area contributed by atoms with Gasteiger partial charge in [0.2, 0.25) is 0 Å². The molecular formula is C36H50O6S. The van der Waals surface area contributed by atoms with Crippen LogP contribution in [-0.4, -0.2) is 35.9 Å². The number of phenols is 2. The molecule has 0 aliphatic heterocycles. The second-order valence-electron chi connectivity index (χ2n) is 12.0. The number of phenolic OH excluding ortho intramolecular Hbond substituents is 2. The molecule has 0 aromatic heterocycles. The molecule has 0 aliphatic rings. The third kappa shape index (κ3) is 11.5. The summed E-state index contributed by atoms with van der Waals surface area (Å²) in [5, 5.41) is 31.7. The van der Waals surface area contributed by atoms with Crippen molar-refractivity contribution in [2.45, 2.75) is 104 Å². The highest BCUT2D eigenvalue weighted by Crippen LogP contribution is 2.37. The lowest BCUT2D eigenvalue weighted by atomic mass is 9.93. The molecule has 2 rings (SSSR count). The van der Waals surface area contributed by atoms with Gasteiger partial charge in [-0.3, -0.25) is 4.18 Å². The van der Waals surface area contributed by atoms with Gasteiger partial charge in [-0.15, -0.1) is 0 Å². The number of allylic oxidation sites excluding steroid dienone is 5. The van der Waals surface area contributed by atoms with Crippen LogP contribution in [-0.2, 0) is 14.3 Å². The third-order valence-electron chi connectivity index (χ3n) is 7.85. The van der Waals surface area contributed by atoms with Gasteiger partial charge in [-0.1, -0.05) is 64.8 Å². The Hall–Kier alpha value is -3.13. The maximum atomic E-state index is 12.4. The Bertz CT molecular complexity index is 1440. The zero-order chi connectivity index (χ0) is 32.4. The van der Waals surface area contributed by atoms with E-state index in [0.717, 1.165) is 43.2 Å². The molecule has 0 saturated heterocycles. The van der Waals surface area contributed by atoms with Crippen LogP contribution in [0.2, 0.25) is 0 Å². The molecule has 6 nitrogen and oxygen atoms in total. The van der Waals surface area contributed by atoms with E-state index < -0.39 is 15.7 Å². The van der Waals surface area contributed by atoms with Crippen LogP contribution in [0.15, 0.2) is 70.2 Å². The Kier molecular flexibility index (Phi) is 13.5. The fourth-order valence-electron chi connectivity index (χ4n) is 4.60. The predicted molar refractivity (Wildman–Crippen MR) is 177 cm³/mol. The number of hydrogen-bond acceptors (Lipinski definition) is 6. The van der Waals surface area contributed by atoms with Crippen LogP contribution in [0.25, 0.3) is 6.08 Å². The van der Waals surface area contributed by atoms with Crippen LogP contribution in [0.1, 0.15) is 94.0 Å². The Balaban J connectivity index is 1.77. The van der Waals surface area contributed by atoms with Crippen LogP contribution in [0, 0.1) is 27.7 Å². The highest BCUT2D eigenvalue weighted by molar-refractivity contribution is 7.86. The second kappa shape index (κ2) is 16.1. The number of hydrogen-bond donors (Lipinski definition) is 3. The van der Waals surface area contributed by atoms with Crippen molar-refractivity contribution in [1.29, 1.82) is 0 Å². The average molecular weight is 611 g/mol. The largest absolute Gasteiger partial charge is 0.507 e. The summed E-state index contributed by atoms with van der Waals surface area (Å²) in [6, 6.07) is 6.63. The monoisotopic (exact) mass is 610 g/mol. The molecule has 0 heterocycles. The first kappa shape index (κ1) is 36.1. The SMILES string of the molecule is CC(=CCCC(C)=CCCC(C)(O)C=Cc1c(C)c(O)c(C)c(C)c1O)CCC=C(C)COS(=O)(=O)c1ccc(C)cc1. The van der Waals surface area contributed by atoms with E-state index in [-0.39, 0.29) is 23.0 Å². The van der Waals surface area contributed by atoms with Crippen molar-refractivity contribution in [3.63, 3.8) is 0 Å². The van der Waals surface area contributed by atoms with Gasteiger partial charge >= 0.3 is 0 Å². The summed E-state index contributed by atoms with van der Waals surface area (Å²) in [6.45, 7) is 15.1. The molecule has 236 valence electrons. The van der Waals surface area contributed by atoms with E-state index in [0.29, 0.717) is 28.7 Å². The van der Waals surface area contributed by atoms with E-state index in [1.165, 1.54) is 11.1 Å². The van der Waals surface area contributed by atoms with Gasteiger partial charge in [0.15, 0.2) is 0 Å². The van der Waals surface area contributed by atoms with Crippen molar-refractivity contribution in [3.05, 3.63) is 93.1 Å². The van der Waals surface area contributed by atoms with Crippen molar-refractivity contribution >= 4 is 16.2 Å². The van der Waals surface area contributed by atoms with Crippen molar-refractivity contribution in [3.8, 4) is 11.5 Å². The molecule has 1 atom stereocenters. The van der Waals surface area contributed by atoms with E-state index in [9.17, 15) is 23.7 Å². The maximum Gasteiger partial charge on any atom is 0.297 e.